The second-order valence-corrected chi connectivity index (χ2v) is 3.81. The Kier molecular flexibility index (Phi) is 3.55. The lowest BCUT2D eigenvalue weighted by molar-refractivity contribution is -0.118. The molecule has 0 aromatic carbocycles. The highest BCUT2D eigenvalue weighted by atomic mass is 16.5. The van der Waals surface area contributed by atoms with E-state index < -0.39 is 11.9 Å². The zero-order chi connectivity index (χ0) is 12.3. The molecule has 1 fully saturated rings. The minimum atomic E-state index is -0.644. The molecule has 0 aliphatic carbocycles. The van der Waals surface area contributed by atoms with Gasteiger partial charge in [-0.05, 0) is 5.16 Å². The van der Waals surface area contributed by atoms with Crippen LogP contribution < -0.4 is 16.4 Å². The molecule has 1 aromatic rings. The number of primary amides is 1. The lowest BCUT2D eigenvalue weighted by Crippen LogP contribution is -2.36. The molecule has 0 spiro atoms. The first-order valence-electron chi connectivity index (χ1n) is 5.37. The van der Waals surface area contributed by atoms with Gasteiger partial charge in [-0.25, -0.2) is 0 Å². The Labute approximate surface area is 97.9 Å². The minimum absolute atomic E-state index is 0.00918. The van der Waals surface area contributed by atoms with Crippen LogP contribution in [0.2, 0.25) is 0 Å². The van der Waals surface area contributed by atoms with E-state index in [4.69, 9.17) is 20.7 Å². The van der Waals surface area contributed by atoms with Crippen LogP contribution in [0.15, 0.2) is 4.52 Å². The molecule has 0 bridgehead atoms. The number of morpholine rings is 1. The first kappa shape index (κ1) is 11.8. The maximum atomic E-state index is 10.7. The number of nitrogens with zero attached hydrogens (tertiary/aromatic N) is 3. The smallest absolute Gasteiger partial charge is 0.266 e. The summed E-state index contributed by atoms with van der Waals surface area (Å²) in [4.78, 5) is 16.8. The standard InChI is InChI=1S/C9H15N5O3/c10-6(5-7(11)15)8-12-9(13-17-8)14-1-3-16-4-2-14/h6H,1-5,10H2,(H2,11,15)/t6-/m1/s1. The third-order valence-electron chi connectivity index (χ3n) is 2.46. The highest BCUT2D eigenvalue weighted by Crippen LogP contribution is 2.16. The highest BCUT2D eigenvalue weighted by molar-refractivity contribution is 5.74. The van der Waals surface area contributed by atoms with Crippen LogP contribution in [0.5, 0.6) is 0 Å². The van der Waals surface area contributed by atoms with Crippen molar-refractivity contribution in [2.75, 3.05) is 31.2 Å². The predicted molar refractivity (Wildman–Crippen MR) is 58.1 cm³/mol. The topological polar surface area (TPSA) is 120 Å². The van der Waals surface area contributed by atoms with Gasteiger partial charge in [0.2, 0.25) is 11.8 Å². The van der Waals surface area contributed by atoms with Gasteiger partial charge >= 0.3 is 0 Å². The maximum absolute atomic E-state index is 10.7. The van der Waals surface area contributed by atoms with E-state index in [1.54, 1.807) is 0 Å². The third-order valence-corrected chi connectivity index (χ3v) is 2.46. The average Bonchev–Trinajstić information content (AvgIpc) is 2.78. The molecule has 8 nitrogen and oxygen atoms in total. The number of ether oxygens (including phenoxy) is 1. The highest BCUT2D eigenvalue weighted by Gasteiger charge is 2.21. The number of anilines is 1. The van der Waals surface area contributed by atoms with Crippen molar-refractivity contribution in [3.05, 3.63) is 5.89 Å². The Balaban J connectivity index is 2.01. The summed E-state index contributed by atoms with van der Waals surface area (Å²) in [5.41, 5.74) is 10.7. The molecule has 1 atom stereocenters. The fraction of sp³-hybridized carbons (Fsp3) is 0.667. The van der Waals surface area contributed by atoms with Gasteiger partial charge in [0, 0.05) is 13.1 Å². The number of rotatable bonds is 4. The monoisotopic (exact) mass is 241 g/mol. The summed E-state index contributed by atoms with van der Waals surface area (Å²) < 4.78 is 10.2. The van der Waals surface area contributed by atoms with Crippen molar-refractivity contribution in [3.63, 3.8) is 0 Å². The Morgan fingerprint density at radius 1 is 1.47 bits per heavy atom. The molecule has 94 valence electrons. The largest absolute Gasteiger partial charge is 0.378 e. The van der Waals surface area contributed by atoms with Crippen LogP contribution in [0.3, 0.4) is 0 Å². The summed E-state index contributed by atoms with van der Waals surface area (Å²) in [5.74, 6) is 0.206. The van der Waals surface area contributed by atoms with Crippen molar-refractivity contribution in [1.29, 1.82) is 0 Å². The lowest BCUT2D eigenvalue weighted by Gasteiger charge is -2.24. The number of carbonyl (C=O) groups is 1. The Morgan fingerprint density at radius 3 is 2.82 bits per heavy atom. The van der Waals surface area contributed by atoms with E-state index in [2.05, 4.69) is 10.1 Å². The molecule has 8 heteroatoms. The fourth-order valence-corrected chi connectivity index (χ4v) is 1.57. The quantitative estimate of drug-likeness (QED) is 0.677. The Hall–Kier alpha value is -1.67. The van der Waals surface area contributed by atoms with Crippen LogP contribution in [0.4, 0.5) is 5.95 Å². The number of carbonyl (C=O) groups excluding carboxylic acids is 1. The van der Waals surface area contributed by atoms with Gasteiger partial charge in [-0.3, -0.25) is 4.79 Å². The molecule has 17 heavy (non-hydrogen) atoms. The summed E-state index contributed by atoms with van der Waals surface area (Å²) in [6, 6.07) is -0.644. The molecule has 1 saturated heterocycles. The number of hydrogen-bond donors (Lipinski definition) is 2. The summed E-state index contributed by atoms with van der Waals surface area (Å²) in [5, 5.41) is 3.82. The first-order valence-corrected chi connectivity index (χ1v) is 5.37. The van der Waals surface area contributed by atoms with Crippen LogP contribution in [0, 0.1) is 0 Å². The molecule has 4 N–H and O–H groups in total. The molecule has 2 rings (SSSR count). The fourth-order valence-electron chi connectivity index (χ4n) is 1.57. The molecule has 1 aliphatic rings. The summed E-state index contributed by atoms with van der Waals surface area (Å²) in [6.45, 7) is 2.70. The third kappa shape index (κ3) is 2.92. The van der Waals surface area contributed by atoms with Crippen molar-refractivity contribution in [3.8, 4) is 0 Å². The van der Waals surface area contributed by atoms with E-state index in [0.29, 0.717) is 32.3 Å². The van der Waals surface area contributed by atoms with E-state index in [1.807, 2.05) is 4.90 Å². The molecular formula is C9H15N5O3. The van der Waals surface area contributed by atoms with Gasteiger partial charge in [0.25, 0.3) is 5.95 Å². The van der Waals surface area contributed by atoms with Crippen molar-refractivity contribution in [1.82, 2.24) is 10.1 Å². The Morgan fingerprint density at radius 2 is 2.18 bits per heavy atom. The van der Waals surface area contributed by atoms with Gasteiger partial charge in [0.1, 0.15) is 0 Å². The molecule has 0 radical (unpaired) electrons. The molecule has 0 unspecified atom stereocenters. The second kappa shape index (κ2) is 5.11. The van der Waals surface area contributed by atoms with Crippen molar-refractivity contribution >= 4 is 11.9 Å². The van der Waals surface area contributed by atoms with Gasteiger partial charge in [0.05, 0.1) is 25.7 Å². The van der Waals surface area contributed by atoms with Crippen molar-refractivity contribution in [2.45, 2.75) is 12.5 Å². The molecule has 2 heterocycles. The van der Waals surface area contributed by atoms with Gasteiger partial charge in [-0.15, -0.1) is 0 Å². The number of amides is 1. The number of aromatic nitrogens is 2. The van der Waals surface area contributed by atoms with E-state index in [0.717, 1.165) is 0 Å². The predicted octanol–water partition coefficient (Wildman–Crippen LogP) is -1.22. The molecule has 1 amide bonds. The van der Waals surface area contributed by atoms with E-state index >= 15 is 0 Å². The van der Waals surface area contributed by atoms with Crippen molar-refractivity contribution in [2.24, 2.45) is 11.5 Å². The molecule has 1 aromatic heterocycles. The van der Waals surface area contributed by atoms with Crippen LogP contribution in [0.1, 0.15) is 18.4 Å². The zero-order valence-corrected chi connectivity index (χ0v) is 9.33. The lowest BCUT2D eigenvalue weighted by atomic mass is 10.2. The summed E-state index contributed by atoms with van der Waals surface area (Å²) in [6.07, 6.45) is -0.00918. The minimum Gasteiger partial charge on any atom is -0.378 e. The van der Waals surface area contributed by atoms with Crippen LogP contribution in [-0.2, 0) is 9.53 Å². The van der Waals surface area contributed by atoms with Gasteiger partial charge in [-0.2, -0.15) is 4.98 Å². The number of nitrogens with two attached hydrogens (primary N) is 2. The average molecular weight is 241 g/mol. The van der Waals surface area contributed by atoms with E-state index in [1.165, 1.54) is 0 Å². The first-order chi connectivity index (χ1) is 8.16. The molecule has 1 aliphatic heterocycles. The SMILES string of the molecule is NC(=O)C[C@@H](N)c1nc(N2CCOCC2)no1. The van der Waals surface area contributed by atoms with Crippen LogP contribution >= 0.6 is 0 Å². The second-order valence-electron chi connectivity index (χ2n) is 3.81. The zero-order valence-electron chi connectivity index (χ0n) is 9.33. The Bertz CT molecular complexity index is 388. The molecular weight excluding hydrogens is 226 g/mol. The molecule has 0 saturated carbocycles. The van der Waals surface area contributed by atoms with Gasteiger partial charge in [-0.1, -0.05) is 0 Å². The van der Waals surface area contributed by atoms with Crippen molar-refractivity contribution < 1.29 is 14.1 Å². The van der Waals surface area contributed by atoms with Gasteiger partial charge in [0.15, 0.2) is 0 Å². The van der Waals surface area contributed by atoms with E-state index in [9.17, 15) is 4.79 Å². The summed E-state index contributed by atoms with van der Waals surface area (Å²) in [7, 11) is 0. The normalized spacial score (nSPS) is 18.1. The van der Waals surface area contributed by atoms with E-state index in [-0.39, 0.29) is 12.3 Å². The van der Waals surface area contributed by atoms with Crippen LogP contribution in [0.25, 0.3) is 0 Å². The maximum Gasteiger partial charge on any atom is 0.266 e. The van der Waals surface area contributed by atoms with Crippen LogP contribution in [-0.4, -0.2) is 42.4 Å². The summed E-state index contributed by atoms with van der Waals surface area (Å²) >= 11 is 0. The van der Waals surface area contributed by atoms with Gasteiger partial charge < -0.3 is 25.6 Å². The number of hydrogen-bond acceptors (Lipinski definition) is 7.